The van der Waals surface area contributed by atoms with Crippen LogP contribution in [0.5, 0.6) is 0 Å². The van der Waals surface area contributed by atoms with Crippen molar-refractivity contribution < 1.29 is 9.59 Å². The molecule has 0 saturated heterocycles. The summed E-state index contributed by atoms with van der Waals surface area (Å²) in [7, 11) is 0. The first kappa shape index (κ1) is 21.0. The van der Waals surface area contributed by atoms with Gasteiger partial charge in [0.15, 0.2) is 5.13 Å². The molecule has 1 aromatic heterocycles. The molecule has 2 N–H and O–H groups in total. The molecule has 0 unspecified atom stereocenters. The van der Waals surface area contributed by atoms with Crippen LogP contribution in [0.15, 0.2) is 53.9 Å². The highest BCUT2D eigenvalue weighted by atomic mass is 35.5. The fourth-order valence-corrected chi connectivity index (χ4v) is 3.53. The number of nitrogens with zero attached hydrogens (tertiary/aromatic N) is 1. The van der Waals surface area contributed by atoms with E-state index in [0.29, 0.717) is 34.5 Å². The second kappa shape index (κ2) is 9.67. The zero-order valence-corrected chi connectivity index (χ0v) is 17.8. The smallest absolute Gasteiger partial charge is 0.257 e. The third-order valence-electron chi connectivity index (χ3n) is 4.35. The maximum Gasteiger partial charge on any atom is 0.257 e. The molecular weight excluding hydrogens is 406 g/mol. The summed E-state index contributed by atoms with van der Waals surface area (Å²) in [5, 5.41) is 8.59. The third kappa shape index (κ3) is 6.14. The summed E-state index contributed by atoms with van der Waals surface area (Å²) in [6.45, 7) is 4.27. The molecule has 0 spiro atoms. The highest BCUT2D eigenvalue weighted by Gasteiger charge is 2.10. The first-order chi connectivity index (χ1) is 13.9. The SMILES string of the molecule is CC(C)c1ccc(NC(=O)CCc2csc(NC(=O)c3ccc(Cl)cc3)n2)cc1. The molecule has 1 heterocycles. The second-order valence-electron chi connectivity index (χ2n) is 6.93. The summed E-state index contributed by atoms with van der Waals surface area (Å²) >= 11 is 7.17. The number of benzene rings is 2. The first-order valence-corrected chi connectivity index (χ1v) is 10.6. The molecule has 3 aromatic rings. The van der Waals surface area contributed by atoms with Crippen LogP contribution in [-0.4, -0.2) is 16.8 Å². The molecule has 0 aliphatic carbocycles. The van der Waals surface area contributed by atoms with Crippen molar-refractivity contribution in [1.82, 2.24) is 4.98 Å². The van der Waals surface area contributed by atoms with Gasteiger partial charge in [-0.25, -0.2) is 4.98 Å². The van der Waals surface area contributed by atoms with Crippen molar-refractivity contribution in [3.63, 3.8) is 0 Å². The quantitative estimate of drug-likeness (QED) is 0.504. The van der Waals surface area contributed by atoms with E-state index in [4.69, 9.17) is 11.6 Å². The molecule has 0 saturated carbocycles. The average molecular weight is 428 g/mol. The van der Waals surface area contributed by atoms with Crippen molar-refractivity contribution >= 4 is 45.6 Å². The number of hydrogen-bond donors (Lipinski definition) is 2. The van der Waals surface area contributed by atoms with Crippen molar-refractivity contribution in [2.45, 2.75) is 32.6 Å². The lowest BCUT2D eigenvalue weighted by atomic mass is 10.0. The topological polar surface area (TPSA) is 71.1 Å². The van der Waals surface area contributed by atoms with Gasteiger partial charge in [-0.05, 0) is 54.3 Å². The van der Waals surface area contributed by atoms with Crippen LogP contribution >= 0.6 is 22.9 Å². The number of anilines is 2. The number of amides is 2. The Bertz CT molecular complexity index is 982. The van der Waals surface area contributed by atoms with Gasteiger partial charge in [0.05, 0.1) is 5.69 Å². The van der Waals surface area contributed by atoms with Crippen molar-refractivity contribution in [3.05, 3.63) is 75.8 Å². The molecule has 0 aliphatic heterocycles. The lowest BCUT2D eigenvalue weighted by Crippen LogP contribution is -2.13. The predicted molar refractivity (Wildman–Crippen MR) is 119 cm³/mol. The maximum atomic E-state index is 12.2. The van der Waals surface area contributed by atoms with E-state index in [1.165, 1.54) is 16.9 Å². The lowest BCUT2D eigenvalue weighted by molar-refractivity contribution is -0.116. The standard InChI is InChI=1S/C22H22ClN3O2S/c1-14(2)15-5-9-18(10-6-15)24-20(27)12-11-19-13-29-22(25-19)26-21(28)16-3-7-17(23)8-4-16/h3-10,13-14H,11-12H2,1-2H3,(H,24,27)(H,25,26,28). The molecule has 2 aromatic carbocycles. The largest absolute Gasteiger partial charge is 0.326 e. The number of carbonyl (C=O) groups excluding carboxylic acids is 2. The molecule has 7 heteroatoms. The van der Waals surface area contributed by atoms with Crippen LogP contribution in [-0.2, 0) is 11.2 Å². The Labute approximate surface area is 179 Å². The van der Waals surface area contributed by atoms with Gasteiger partial charge in [0.2, 0.25) is 5.91 Å². The van der Waals surface area contributed by atoms with Gasteiger partial charge >= 0.3 is 0 Å². The molecule has 0 aliphatic rings. The molecule has 0 atom stereocenters. The van der Waals surface area contributed by atoms with Gasteiger partial charge in [-0.3, -0.25) is 14.9 Å². The summed E-state index contributed by atoms with van der Waals surface area (Å²) in [6.07, 6.45) is 0.823. The van der Waals surface area contributed by atoms with E-state index >= 15 is 0 Å². The van der Waals surface area contributed by atoms with Gasteiger partial charge in [-0.15, -0.1) is 11.3 Å². The molecule has 0 bridgehead atoms. The van der Waals surface area contributed by atoms with E-state index in [1.807, 2.05) is 29.6 Å². The summed E-state index contributed by atoms with van der Waals surface area (Å²) in [5.74, 6) is 0.144. The number of thiazole rings is 1. The Morgan fingerprint density at radius 3 is 2.38 bits per heavy atom. The number of halogens is 1. The summed E-state index contributed by atoms with van der Waals surface area (Å²) in [6, 6.07) is 14.5. The maximum absolute atomic E-state index is 12.2. The fourth-order valence-electron chi connectivity index (χ4n) is 2.67. The predicted octanol–water partition coefficient (Wildman–Crippen LogP) is 5.74. The molecule has 0 fully saturated rings. The van der Waals surface area contributed by atoms with E-state index in [2.05, 4.69) is 29.5 Å². The Morgan fingerprint density at radius 1 is 1.03 bits per heavy atom. The van der Waals surface area contributed by atoms with E-state index in [9.17, 15) is 9.59 Å². The fraction of sp³-hybridized carbons (Fsp3) is 0.227. The van der Waals surface area contributed by atoms with Crippen molar-refractivity contribution in [3.8, 4) is 0 Å². The Balaban J connectivity index is 1.49. The zero-order valence-electron chi connectivity index (χ0n) is 16.2. The van der Waals surface area contributed by atoms with Crippen LogP contribution in [0.2, 0.25) is 5.02 Å². The minimum Gasteiger partial charge on any atom is -0.326 e. The Kier molecular flexibility index (Phi) is 7.01. The zero-order chi connectivity index (χ0) is 20.8. The summed E-state index contributed by atoms with van der Waals surface area (Å²) < 4.78 is 0. The monoisotopic (exact) mass is 427 g/mol. The number of nitrogens with one attached hydrogen (secondary N) is 2. The highest BCUT2D eigenvalue weighted by molar-refractivity contribution is 7.14. The second-order valence-corrected chi connectivity index (χ2v) is 8.22. The van der Waals surface area contributed by atoms with Gasteiger partial charge in [-0.1, -0.05) is 37.6 Å². The van der Waals surface area contributed by atoms with E-state index < -0.39 is 0 Å². The molecule has 3 rings (SSSR count). The van der Waals surface area contributed by atoms with Gasteiger partial charge in [-0.2, -0.15) is 0 Å². The molecule has 0 radical (unpaired) electrons. The Hall–Kier alpha value is -2.70. The number of rotatable bonds is 7. The lowest BCUT2D eigenvalue weighted by Gasteiger charge is -2.08. The van der Waals surface area contributed by atoms with Gasteiger partial charge < -0.3 is 5.32 Å². The van der Waals surface area contributed by atoms with Crippen molar-refractivity contribution in [2.75, 3.05) is 10.6 Å². The van der Waals surface area contributed by atoms with Crippen LogP contribution in [0.1, 0.15) is 47.8 Å². The van der Waals surface area contributed by atoms with Crippen molar-refractivity contribution in [1.29, 1.82) is 0 Å². The normalized spacial score (nSPS) is 10.8. The highest BCUT2D eigenvalue weighted by Crippen LogP contribution is 2.20. The van der Waals surface area contributed by atoms with E-state index in [1.54, 1.807) is 24.3 Å². The number of carbonyl (C=O) groups is 2. The number of hydrogen-bond acceptors (Lipinski definition) is 4. The van der Waals surface area contributed by atoms with Gasteiger partial charge in [0, 0.05) is 28.1 Å². The van der Waals surface area contributed by atoms with Crippen LogP contribution < -0.4 is 10.6 Å². The number of aromatic nitrogens is 1. The summed E-state index contributed by atoms with van der Waals surface area (Å²) in [5.41, 5.74) is 3.30. The van der Waals surface area contributed by atoms with E-state index in [0.717, 1.165) is 11.4 Å². The average Bonchev–Trinajstić information content (AvgIpc) is 3.14. The molecule has 150 valence electrons. The van der Waals surface area contributed by atoms with Crippen LogP contribution in [0.25, 0.3) is 0 Å². The van der Waals surface area contributed by atoms with Gasteiger partial charge in [0.1, 0.15) is 0 Å². The first-order valence-electron chi connectivity index (χ1n) is 9.32. The minimum absolute atomic E-state index is 0.0675. The van der Waals surface area contributed by atoms with Gasteiger partial charge in [0.25, 0.3) is 5.91 Å². The molecule has 5 nitrogen and oxygen atoms in total. The molecule has 29 heavy (non-hydrogen) atoms. The van der Waals surface area contributed by atoms with Crippen LogP contribution in [0.3, 0.4) is 0 Å². The molecule has 2 amide bonds. The Morgan fingerprint density at radius 2 is 1.72 bits per heavy atom. The molecular formula is C22H22ClN3O2S. The van der Waals surface area contributed by atoms with Crippen LogP contribution in [0, 0.1) is 0 Å². The van der Waals surface area contributed by atoms with E-state index in [-0.39, 0.29) is 11.8 Å². The third-order valence-corrected chi connectivity index (χ3v) is 5.41. The van der Waals surface area contributed by atoms with Crippen molar-refractivity contribution in [2.24, 2.45) is 0 Å². The summed E-state index contributed by atoms with van der Waals surface area (Å²) in [4.78, 5) is 28.8. The minimum atomic E-state index is -0.245. The van der Waals surface area contributed by atoms with Crippen LogP contribution in [0.4, 0.5) is 10.8 Å². The number of aryl methyl sites for hydroxylation is 1.